The van der Waals surface area contributed by atoms with E-state index in [0.29, 0.717) is 23.1 Å². The molecular formula is C13H19N3O3S. The van der Waals surface area contributed by atoms with Gasteiger partial charge in [-0.3, -0.25) is 4.90 Å². The number of thiazole rings is 1. The molecule has 2 amide bonds. The number of hydrogen-bond donors (Lipinski definition) is 1. The number of nitrogens with zero attached hydrogens (tertiary/aromatic N) is 2. The van der Waals surface area contributed by atoms with Crippen molar-refractivity contribution in [1.82, 2.24) is 10.3 Å². The molecule has 1 fully saturated rings. The summed E-state index contributed by atoms with van der Waals surface area (Å²) in [5, 5.41) is 3.34. The monoisotopic (exact) mass is 297 g/mol. The first-order valence-corrected chi connectivity index (χ1v) is 7.43. The molecule has 2 heterocycles. The Labute approximate surface area is 122 Å². The van der Waals surface area contributed by atoms with E-state index >= 15 is 0 Å². The van der Waals surface area contributed by atoms with Gasteiger partial charge in [0.05, 0.1) is 6.20 Å². The van der Waals surface area contributed by atoms with E-state index in [1.807, 2.05) is 20.8 Å². The predicted octanol–water partition coefficient (Wildman–Crippen LogP) is 2.41. The Balaban J connectivity index is 2.11. The number of aromatic nitrogens is 1. The van der Waals surface area contributed by atoms with Gasteiger partial charge in [-0.2, -0.15) is 0 Å². The first kappa shape index (κ1) is 14.8. The van der Waals surface area contributed by atoms with Gasteiger partial charge in [-0.15, -0.1) is 0 Å². The van der Waals surface area contributed by atoms with Crippen LogP contribution in [0, 0.1) is 0 Å². The minimum Gasteiger partial charge on any atom is -0.456 e. The molecule has 1 aromatic heterocycles. The maximum absolute atomic E-state index is 11.9. The van der Waals surface area contributed by atoms with E-state index in [0.717, 1.165) is 12.8 Å². The Morgan fingerprint density at radius 1 is 1.45 bits per heavy atom. The molecule has 0 bridgehead atoms. The molecule has 0 radical (unpaired) electrons. The Hall–Kier alpha value is -1.63. The lowest BCUT2D eigenvalue weighted by Crippen LogP contribution is -2.38. The summed E-state index contributed by atoms with van der Waals surface area (Å²) < 4.78 is 5.29. The quantitative estimate of drug-likeness (QED) is 0.851. The molecule has 1 aromatic rings. The standard InChI is InChI=1S/C13H19N3O3S/c1-13(2,3)19-10(17)9-8-15-12(20-9)16-7-5-4-6-14-11(16)18/h8H,4-7H2,1-3H3,(H,14,18). The van der Waals surface area contributed by atoms with Crippen molar-refractivity contribution in [2.75, 3.05) is 18.0 Å². The molecule has 0 unspecified atom stereocenters. The van der Waals surface area contributed by atoms with E-state index in [2.05, 4.69) is 10.3 Å². The molecule has 1 saturated heterocycles. The number of anilines is 1. The third kappa shape index (κ3) is 3.69. The highest BCUT2D eigenvalue weighted by atomic mass is 32.1. The largest absolute Gasteiger partial charge is 0.456 e. The van der Waals surface area contributed by atoms with Crippen LogP contribution < -0.4 is 10.2 Å². The van der Waals surface area contributed by atoms with Crippen LogP contribution in [0.4, 0.5) is 9.93 Å². The Kier molecular flexibility index (Phi) is 4.27. The fraction of sp³-hybridized carbons (Fsp3) is 0.615. The number of esters is 1. The maximum atomic E-state index is 11.9. The van der Waals surface area contributed by atoms with Crippen molar-refractivity contribution >= 4 is 28.5 Å². The summed E-state index contributed by atoms with van der Waals surface area (Å²) in [7, 11) is 0. The number of hydrogen-bond acceptors (Lipinski definition) is 5. The van der Waals surface area contributed by atoms with E-state index in [1.54, 1.807) is 4.90 Å². The summed E-state index contributed by atoms with van der Waals surface area (Å²) in [5.74, 6) is -0.406. The third-order valence-electron chi connectivity index (χ3n) is 2.65. The molecule has 0 aliphatic carbocycles. The second-order valence-corrected chi connectivity index (χ2v) is 6.61. The number of urea groups is 1. The van der Waals surface area contributed by atoms with E-state index in [-0.39, 0.29) is 6.03 Å². The summed E-state index contributed by atoms with van der Waals surface area (Å²) in [5.41, 5.74) is -0.540. The van der Waals surface area contributed by atoms with Gasteiger partial charge >= 0.3 is 12.0 Å². The van der Waals surface area contributed by atoms with Crippen molar-refractivity contribution in [1.29, 1.82) is 0 Å². The third-order valence-corrected chi connectivity index (χ3v) is 3.65. The maximum Gasteiger partial charge on any atom is 0.350 e. The van der Waals surface area contributed by atoms with E-state index in [1.165, 1.54) is 17.5 Å². The number of carbonyl (C=O) groups excluding carboxylic acids is 2. The molecule has 0 atom stereocenters. The molecule has 0 spiro atoms. The summed E-state index contributed by atoms with van der Waals surface area (Å²) in [6.07, 6.45) is 3.33. The molecule has 110 valence electrons. The van der Waals surface area contributed by atoms with Gasteiger partial charge in [0.15, 0.2) is 5.13 Å². The first-order valence-electron chi connectivity index (χ1n) is 6.61. The summed E-state index contributed by atoms with van der Waals surface area (Å²) in [4.78, 5) is 30.0. The average molecular weight is 297 g/mol. The lowest BCUT2D eigenvalue weighted by molar-refractivity contribution is 0.00749. The summed E-state index contributed by atoms with van der Waals surface area (Å²) >= 11 is 1.18. The van der Waals surface area contributed by atoms with Gasteiger partial charge in [-0.1, -0.05) is 11.3 Å². The first-order chi connectivity index (χ1) is 9.37. The molecule has 1 N–H and O–H groups in total. The van der Waals surface area contributed by atoms with Crippen molar-refractivity contribution in [3.63, 3.8) is 0 Å². The van der Waals surface area contributed by atoms with Gasteiger partial charge in [-0.05, 0) is 33.6 Å². The molecule has 1 aliphatic rings. The van der Waals surface area contributed by atoms with Gasteiger partial charge in [-0.25, -0.2) is 14.6 Å². The van der Waals surface area contributed by atoms with Crippen LogP contribution in [-0.2, 0) is 4.74 Å². The lowest BCUT2D eigenvalue weighted by Gasteiger charge is -2.18. The fourth-order valence-corrected chi connectivity index (χ4v) is 2.60. The van der Waals surface area contributed by atoms with Crippen LogP contribution in [0.25, 0.3) is 0 Å². The van der Waals surface area contributed by atoms with Gasteiger partial charge in [0.2, 0.25) is 0 Å². The van der Waals surface area contributed by atoms with E-state index in [4.69, 9.17) is 4.74 Å². The van der Waals surface area contributed by atoms with Crippen molar-refractivity contribution in [3.05, 3.63) is 11.1 Å². The molecule has 7 heteroatoms. The van der Waals surface area contributed by atoms with Crippen LogP contribution >= 0.6 is 11.3 Å². The zero-order valence-electron chi connectivity index (χ0n) is 11.9. The van der Waals surface area contributed by atoms with Crippen LogP contribution in [0.2, 0.25) is 0 Å². The Bertz CT molecular complexity index is 507. The highest BCUT2D eigenvalue weighted by Crippen LogP contribution is 2.25. The number of ether oxygens (including phenoxy) is 1. The molecule has 20 heavy (non-hydrogen) atoms. The molecule has 2 rings (SSSR count). The normalized spacial score (nSPS) is 16.6. The summed E-state index contributed by atoms with van der Waals surface area (Å²) in [6.45, 7) is 6.74. The van der Waals surface area contributed by atoms with Gasteiger partial charge in [0.25, 0.3) is 0 Å². The molecule has 6 nitrogen and oxygen atoms in total. The molecule has 0 aromatic carbocycles. The van der Waals surface area contributed by atoms with Gasteiger partial charge in [0, 0.05) is 13.1 Å². The van der Waals surface area contributed by atoms with Crippen molar-refractivity contribution < 1.29 is 14.3 Å². The van der Waals surface area contributed by atoms with Gasteiger partial charge < -0.3 is 10.1 Å². The van der Waals surface area contributed by atoms with Crippen molar-refractivity contribution in [3.8, 4) is 0 Å². The molecule has 0 saturated carbocycles. The minimum absolute atomic E-state index is 0.160. The summed E-state index contributed by atoms with van der Waals surface area (Å²) in [6, 6.07) is -0.160. The number of nitrogens with one attached hydrogen (secondary N) is 1. The van der Waals surface area contributed by atoms with Crippen LogP contribution in [0.1, 0.15) is 43.3 Å². The second kappa shape index (κ2) is 5.78. The highest BCUT2D eigenvalue weighted by Gasteiger charge is 2.24. The zero-order chi connectivity index (χ0) is 14.8. The molecular weight excluding hydrogens is 278 g/mol. The van der Waals surface area contributed by atoms with E-state index < -0.39 is 11.6 Å². The van der Waals surface area contributed by atoms with Crippen LogP contribution in [-0.4, -0.2) is 35.7 Å². The number of carbonyl (C=O) groups is 2. The smallest absolute Gasteiger partial charge is 0.350 e. The topological polar surface area (TPSA) is 71.5 Å². The van der Waals surface area contributed by atoms with E-state index in [9.17, 15) is 9.59 Å². The second-order valence-electron chi connectivity index (χ2n) is 5.60. The zero-order valence-corrected chi connectivity index (χ0v) is 12.7. The SMILES string of the molecule is CC(C)(C)OC(=O)c1cnc(N2CCCCNC2=O)s1. The van der Waals surface area contributed by atoms with Crippen LogP contribution in [0.3, 0.4) is 0 Å². The minimum atomic E-state index is -0.540. The number of amides is 2. The number of rotatable bonds is 2. The fourth-order valence-electron chi connectivity index (χ4n) is 1.78. The molecule has 1 aliphatic heterocycles. The average Bonchev–Trinajstić information content (AvgIpc) is 2.71. The predicted molar refractivity (Wildman–Crippen MR) is 77.3 cm³/mol. The Morgan fingerprint density at radius 3 is 2.90 bits per heavy atom. The van der Waals surface area contributed by atoms with Crippen molar-refractivity contribution in [2.45, 2.75) is 39.2 Å². The van der Waals surface area contributed by atoms with Gasteiger partial charge in [0.1, 0.15) is 10.5 Å². The highest BCUT2D eigenvalue weighted by molar-refractivity contribution is 7.17. The van der Waals surface area contributed by atoms with Crippen molar-refractivity contribution in [2.24, 2.45) is 0 Å². The van der Waals surface area contributed by atoms with Crippen LogP contribution in [0.5, 0.6) is 0 Å². The Morgan fingerprint density at radius 2 is 2.20 bits per heavy atom. The van der Waals surface area contributed by atoms with Crippen LogP contribution in [0.15, 0.2) is 6.20 Å². The lowest BCUT2D eigenvalue weighted by atomic mass is 10.2.